The van der Waals surface area contributed by atoms with E-state index >= 15 is 0 Å². The molecule has 7 heteroatoms. The standard InChI is InChI=1S/C9H16N4O2S/c1-3-9(4-2,6-10)12-8-11-5-7(16-8)13(14)15/h5H,3-4,6,10H2,1-2H3,(H,11,12). The minimum absolute atomic E-state index is 0.0422. The van der Waals surface area contributed by atoms with Gasteiger partial charge in [-0.1, -0.05) is 13.8 Å². The fourth-order valence-corrected chi connectivity index (χ4v) is 2.15. The molecule has 6 nitrogen and oxygen atoms in total. The Labute approximate surface area is 98.0 Å². The number of thiazole rings is 1. The van der Waals surface area contributed by atoms with Crippen molar-refractivity contribution in [3.63, 3.8) is 0 Å². The highest BCUT2D eigenvalue weighted by Gasteiger charge is 2.26. The van der Waals surface area contributed by atoms with Crippen molar-refractivity contribution in [3.8, 4) is 0 Å². The lowest BCUT2D eigenvalue weighted by atomic mass is 9.93. The predicted octanol–water partition coefficient (Wildman–Crippen LogP) is 1.98. The SMILES string of the molecule is CCC(CC)(CN)Nc1ncc([N+](=O)[O-])s1. The van der Waals surface area contributed by atoms with Crippen LogP contribution >= 0.6 is 11.3 Å². The van der Waals surface area contributed by atoms with Crippen molar-refractivity contribution in [1.29, 1.82) is 0 Å². The summed E-state index contributed by atoms with van der Waals surface area (Å²) in [6, 6.07) is 0. The monoisotopic (exact) mass is 244 g/mol. The molecule has 0 atom stereocenters. The van der Waals surface area contributed by atoms with E-state index in [1.807, 2.05) is 13.8 Å². The number of hydrogen-bond acceptors (Lipinski definition) is 6. The summed E-state index contributed by atoms with van der Waals surface area (Å²) < 4.78 is 0. The van der Waals surface area contributed by atoms with Crippen LogP contribution in [0.1, 0.15) is 26.7 Å². The van der Waals surface area contributed by atoms with Gasteiger partial charge in [-0.05, 0) is 24.2 Å². The van der Waals surface area contributed by atoms with Gasteiger partial charge in [0, 0.05) is 6.54 Å². The highest BCUT2D eigenvalue weighted by atomic mass is 32.1. The highest BCUT2D eigenvalue weighted by Crippen LogP contribution is 2.29. The first-order chi connectivity index (χ1) is 7.56. The summed E-state index contributed by atoms with van der Waals surface area (Å²) in [4.78, 5) is 14.0. The molecule has 0 saturated heterocycles. The number of nitro groups is 1. The normalized spacial score (nSPS) is 11.4. The molecular formula is C9H16N4O2S. The fraction of sp³-hybridized carbons (Fsp3) is 0.667. The van der Waals surface area contributed by atoms with Crippen molar-refractivity contribution in [2.45, 2.75) is 32.2 Å². The first-order valence-corrected chi connectivity index (χ1v) is 5.97. The molecule has 90 valence electrons. The van der Waals surface area contributed by atoms with E-state index in [-0.39, 0.29) is 10.5 Å². The van der Waals surface area contributed by atoms with Gasteiger partial charge in [-0.15, -0.1) is 0 Å². The molecule has 0 aliphatic carbocycles. The van der Waals surface area contributed by atoms with Gasteiger partial charge in [-0.2, -0.15) is 0 Å². The molecule has 3 N–H and O–H groups in total. The number of nitrogens with two attached hydrogens (primary N) is 1. The third kappa shape index (κ3) is 2.67. The lowest BCUT2D eigenvalue weighted by molar-refractivity contribution is -0.380. The quantitative estimate of drug-likeness (QED) is 0.589. The van der Waals surface area contributed by atoms with E-state index in [0.29, 0.717) is 11.7 Å². The summed E-state index contributed by atoms with van der Waals surface area (Å²) in [7, 11) is 0. The van der Waals surface area contributed by atoms with Crippen LogP contribution in [0.5, 0.6) is 0 Å². The third-order valence-corrected chi connectivity index (χ3v) is 3.65. The van der Waals surface area contributed by atoms with Crippen LogP contribution in [0, 0.1) is 10.1 Å². The van der Waals surface area contributed by atoms with Crippen molar-refractivity contribution < 1.29 is 4.92 Å². The van der Waals surface area contributed by atoms with E-state index in [1.54, 1.807) is 0 Å². The average molecular weight is 244 g/mol. The minimum atomic E-state index is -0.440. The van der Waals surface area contributed by atoms with Crippen molar-refractivity contribution in [1.82, 2.24) is 4.98 Å². The van der Waals surface area contributed by atoms with Gasteiger partial charge in [0.25, 0.3) is 0 Å². The molecule has 0 saturated carbocycles. The molecule has 0 unspecified atom stereocenters. The first kappa shape index (κ1) is 12.9. The summed E-state index contributed by atoms with van der Waals surface area (Å²) in [5.41, 5.74) is 5.51. The second-order valence-corrected chi connectivity index (χ2v) is 4.59. The van der Waals surface area contributed by atoms with Gasteiger partial charge in [0.15, 0.2) is 5.13 Å². The number of nitrogens with one attached hydrogen (secondary N) is 1. The number of anilines is 1. The van der Waals surface area contributed by atoms with Gasteiger partial charge in [0.05, 0.1) is 10.5 Å². The molecule has 0 spiro atoms. The zero-order valence-corrected chi connectivity index (χ0v) is 10.2. The fourth-order valence-electron chi connectivity index (χ4n) is 1.40. The molecule has 1 rings (SSSR count). The van der Waals surface area contributed by atoms with Crippen LogP contribution in [0.4, 0.5) is 10.1 Å². The molecule has 0 aliphatic heterocycles. The zero-order chi connectivity index (χ0) is 12.2. The second kappa shape index (κ2) is 5.22. The largest absolute Gasteiger partial charge is 0.355 e. The van der Waals surface area contributed by atoms with Gasteiger partial charge >= 0.3 is 5.00 Å². The molecule has 0 aromatic carbocycles. The maximum atomic E-state index is 10.5. The van der Waals surface area contributed by atoms with Gasteiger partial charge in [-0.3, -0.25) is 10.1 Å². The molecule has 0 radical (unpaired) electrons. The zero-order valence-electron chi connectivity index (χ0n) is 9.40. The molecule has 0 aliphatic rings. The highest BCUT2D eigenvalue weighted by molar-refractivity contribution is 7.18. The molecule has 1 aromatic heterocycles. The van der Waals surface area contributed by atoms with Crippen molar-refractivity contribution in [2.24, 2.45) is 5.73 Å². The third-order valence-electron chi connectivity index (χ3n) is 2.79. The Kier molecular flexibility index (Phi) is 4.19. The molecule has 1 heterocycles. The van der Waals surface area contributed by atoms with E-state index in [9.17, 15) is 10.1 Å². The Morgan fingerprint density at radius 1 is 1.62 bits per heavy atom. The van der Waals surface area contributed by atoms with Crippen LogP contribution in [0.2, 0.25) is 0 Å². The summed E-state index contributed by atoms with van der Waals surface area (Å²) in [5, 5.41) is 14.3. The number of aromatic nitrogens is 1. The molecule has 16 heavy (non-hydrogen) atoms. The lowest BCUT2D eigenvalue weighted by Crippen LogP contribution is -2.44. The van der Waals surface area contributed by atoms with Crippen LogP contribution in [0.25, 0.3) is 0 Å². The van der Waals surface area contributed by atoms with E-state index in [0.717, 1.165) is 24.2 Å². The smallest absolute Gasteiger partial charge is 0.345 e. The molecule has 1 aromatic rings. The maximum Gasteiger partial charge on any atom is 0.345 e. The number of rotatable bonds is 6. The van der Waals surface area contributed by atoms with Crippen LogP contribution in [0.3, 0.4) is 0 Å². The maximum absolute atomic E-state index is 10.5. The molecular weight excluding hydrogens is 228 g/mol. The Bertz CT molecular complexity index is 354. The number of hydrogen-bond donors (Lipinski definition) is 2. The van der Waals surface area contributed by atoms with E-state index < -0.39 is 4.92 Å². The molecule has 0 amide bonds. The van der Waals surface area contributed by atoms with Gasteiger partial charge in [0.2, 0.25) is 0 Å². The van der Waals surface area contributed by atoms with Crippen LogP contribution in [-0.4, -0.2) is 22.0 Å². The van der Waals surface area contributed by atoms with Gasteiger partial charge < -0.3 is 11.1 Å². The van der Waals surface area contributed by atoms with Crippen LogP contribution in [-0.2, 0) is 0 Å². The summed E-state index contributed by atoms with van der Waals surface area (Å²) in [6.45, 7) is 4.55. The Morgan fingerprint density at radius 2 is 2.25 bits per heavy atom. The minimum Gasteiger partial charge on any atom is -0.355 e. The van der Waals surface area contributed by atoms with E-state index in [1.165, 1.54) is 6.20 Å². The van der Waals surface area contributed by atoms with Crippen molar-refractivity contribution in [2.75, 3.05) is 11.9 Å². The summed E-state index contributed by atoms with van der Waals surface area (Å²) in [6.07, 6.45) is 2.97. The predicted molar refractivity (Wildman–Crippen MR) is 64.8 cm³/mol. The second-order valence-electron chi connectivity index (χ2n) is 3.58. The van der Waals surface area contributed by atoms with Gasteiger partial charge in [0.1, 0.15) is 6.20 Å². The van der Waals surface area contributed by atoms with Crippen LogP contribution in [0.15, 0.2) is 6.20 Å². The Hall–Kier alpha value is -1.21. The average Bonchev–Trinajstić information content (AvgIpc) is 2.74. The summed E-state index contributed by atoms with van der Waals surface area (Å²) >= 11 is 1.04. The molecule has 0 bridgehead atoms. The van der Waals surface area contributed by atoms with Gasteiger partial charge in [-0.25, -0.2) is 4.98 Å². The first-order valence-electron chi connectivity index (χ1n) is 5.15. The van der Waals surface area contributed by atoms with Crippen molar-refractivity contribution >= 4 is 21.5 Å². The van der Waals surface area contributed by atoms with E-state index in [2.05, 4.69) is 10.3 Å². The summed E-state index contributed by atoms with van der Waals surface area (Å²) in [5.74, 6) is 0. The molecule has 0 fully saturated rings. The van der Waals surface area contributed by atoms with E-state index in [4.69, 9.17) is 5.73 Å². The van der Waals surface area contributed by atoms with Crippen LogP contribution < -0.4 is 11.1 Å². The topological polar surface area (TPSA) is 94.1 Å². The number of nitrogens with zero attached hydrogens (tertiary/aromatic N) is 2. The Balaban J connectivity index is 2.81. The van der Waals surface area contributed by atoms with Crippen molar-refractivity contribution in [3.05, 3.63) is 16.3 Å². The Morgan fingerprint density at radius 3 is 2.62 bits per heavy atom. The lowest BCUT2D eigenvalue weighted by Gasteiger charge is -2.31.